The quantitative estimate of drug-likeness (QED) is 0.611. The van der Waals surface area contributed by atoms with E-state index in [1.807, 2.05) is 0 Å². The van der Waals surface area contributed by atoms with Crippen molar-refractivity contribution in [3.05, 3.63) is 0 Å². The molecular formula is C9H20N2O2. The molecule has 2 unspecified atom stereocenters. The standard InChI is InChI=1S/C9H20N2O2/c1-8-5-11(2)7-9(8,6-10)13-4-3-12/h8,12H,3-7,10H2,1-2H3. The van der Waals surface area contributed by atoms with Gasteiger partial charge in [0, 0.05) is 25.6 Å². The molecule has 0 aromatic heterocycles. The SMILES string of the molecule is CC1CN(C)CC1(CN)OCCO. The van der Waals surface area contributed by atoms with Gasteiger partial charge < -0.3 is 20.5 Å². The number of nitrogens with zero attached hydrogens (tertiary/aromatic N) is 1. The van der Waals surface area contributed by atoms with Gasteiger partial charge in [-0.2, -0.15) is 0 Å². The van der Waals surface area contributed by atoms with E-state index >= 15 is 0 Å². The molecule has 0 radical (unpaired) electrons. The summed E-state index contributed by atoms with van der Waals surface area (Å²) in [6.07, 6.45) is 0. The van der Waals surface area contributed by atoms with Gasteiger partial charge in [0.2, 0.25) is 0 Å². The zero-order valence-electron chi connectivity index (χ0n) is 8.49. The highest BCUT2D eigenvalue weighted by atomic mass is 16.5. The Labute approximate surface area is 79.7 Å². The number of likely N-dealkylation sites (N-methyl/N-ethyl adjacent to an activating group) is 1. The van der Waals surface area contributed by atoms with Gasteiger partial charge in [-0.15, -0.1) is 0 Å². The summed E-state index contributed by atoms with van der Waals surface area (Å²) in [5, 5.41) is 8.71. The van der Waals surface area contributed by atoms with Crippen molar-refractivity contribution in [2.24, 2.45) is 11.7 Å². The van der Waals surface area contributed by atoms with Crippen LogP contribution in [0.15, 0.2) is 0 Å². The maximum Gasteiger partial charge on any atom is 0.0968 e. The summed E-state index contributed by atoms with van der Waals surface area (Å²) in [5.41, 5.74) is 5.49. The van der Waals surface area contributed by atoms with Crippen LogP contribution in [0.25, 0.3) is 0 Å². The highest BCUT2D eigenvalue weighted by Crippen LogP contribution is 2.29. The van der Waals surface area contributed by atoms with Gasteiger partial charge in [-0.1, -0.05) is 6.92 Å². The smallest absolute Gasteiger partial charge is 0.0968 e. The Morgan fingerprint density at radius 1 is 1.69 bits per heavy atom. The third-order valence-electron chi connectivity index (χ3n) is 2.85. The summed E-state index contributed by atoms with van der Waals surface area (Å²) in [5.74, 6) is 0.439. The molecule has 0 spiro atoms. The Bertz CT molecular complexity index is 166. The van der Waals surface area contributed by atoms with E-state index in [1.165, 1.54) is 0 Å². The van der Waals surface area contributed by atoms with Gasteiger partial charge in [-0.05, 0) is 7.05 Å². The Kier molecular flexibility index (Phi) is 3.67. The second-order valence-corrected chi connectivity index (χ2v) is 3.94. The number of rotatable bonds is 4. The molecule has 1 saturated heterocycles. The van der Waals surface area contributed by atoms with Crippen molar-refractivity contribution in [3.8, 4) is 0 Å². The van der Waals surface area contributed by atoms with E-state index in [-0.39, 0.29) is 12.2 Å². The molecule has 1 aliphatic rings. The van der Waals surface area contributed by atoms with Crippen LogP contribution in [0, 0.1) is 5.92 Å². The first-order valence-electron chi connectivity index (χ1n) is 4.78. The normalized spacial score (nSPS) is 35.5. The Hall–Kier alpha value is -0.160. The van der Waals surface area contributed by atoms with Crippen molar-refractivity contribution in [2.75, 3.05) is 39.9 Å². The van der Waals surface area contributed by atoms with E-state index < -0.39 is 0 Å². The van der Waals surface area contributed by atoms with E-state index in [0.29, 0.717) is 19.1 Å². The van der Waals surface area contributed by atoms with Gasteiger partial charge in [0.15, 0.2) is 0 Å². The van der Waals surface area contributed by atoms with Crippen molar-refractivity contribution in [2.45, 2.75) is 12.5 Å². The van der Waals surface area contributed by atoms with Crippen LogP contribution < -0.4 is 5.73 Å². The Morgan fingerprint density at radius 2 is 2.38 bits per heavy atom. The number of nitrogens with two attached hydrogens (primary N) is 1. The summed E-state index contributed by atoms with van der Waals surface area (Å²) in [4.78, 5) is 2.22. The number of likely N-dealkylation sites (tertiary alicyclic amines) is 1. The van der Waals surface area contributed by atoms with Crippen LogP contribution in [0.3, 0.4) is 0 Å². The molecule has 0 aromatic carbocycles. The largest absolute Gasteiger partial charge is 0.394 e. The molecule has 4 heteroatoms. The van der Waals surface area contributed by atoms with E-state index in [0.717, 1.165) is 13.1 Å². The van der Waals surface area contributed by atoms with Crippen molar-refractivity contribution < 1.29 is 9.84 Å². The van der Waals surface area contributed by atoms with Crippen LogP contribution in [0.4, 0.5) is 0 Å². The lowest BCUT2D eigenvalue weighted by Crippen LogP contribution is -2.47. The molecule has 3 N–H and O–H groups in total. The molecule has 0 amide bonds. The minimum atomic E-state index is -0.239. The van der Waals surface area contributed by atoms with Crippen molar-refractivity contribution in [1.82, 2.24) is 4.90 Å². The van der Waals surface area contributed by atoms with Crippen molar-refractivity contribution in [1.29, 1.82) is 0 Å². The van der Waals surface area contributed by atoms with Crippen molar-refractivity contribution in [3.63, 3.8) is 0 Å². The van der Waals surface area contributed by atoms with E-state index in [1.54, 1.807) is 0 Å². The average molecular weight is 188 g/mol. The molecule has 1 fully saturated rings. The molecular weight excluding hydrogens is 168 g/mol. The predicted molar refractivity (Wildman–Crippen MR) is 51.5 cm³/mol. The average Bonchev–Trinajstić information content (AvgIpc) is 2.38. The summed E-state index contributed by atoms with van der Waals surface area (Å²) >= 11 is 0. The highest BCUT2D eigenvalue weighted by Gasteiger charge is 2.42. The van der Waals surface area contributed by atoms with Crippen LogP contribution >= 0.6 is 0 Å². The lowest BCUT2D eigenvalue weighted by atomic mass is 9.92. The van der Waals surface area contributed by atoms with Gasteiger partial charge in [-0.3, -0.25) is 0 Å². The van der Waals surface area contributed by atoms with Crippen LogP contribution in [0.1, 0.15) is 6.92 Å². The number of aliphatic hydroxyl groups is 1. The maximum atomic E-state index is 8.71. The van der Waals surface area contributed by atoms with Crippen LogP contribution in [0.2, 0.25) is 0 Å². The number of ether oxygens (including phenoxy) is 1. The van der Waals surface area contributed by atoms with Gasteiger partial charge >= 0.3 is 0 Å². The first kappa shape index (κ1) is 10.9. The molecule has 0 aromatic rings. The predicted octanol–water partition coefficient (Wildman–Crippen LogP) is -0.726. The molecule has 78 valence electrons. The Balaban J connectivity index is 2.57. The first-order valence-corrected chi connectivity index (χ1v) is 4.78. The highest BCUT2D eigenvalue weighted by molar-refractivity contribution is 4.96. The summed E-state index contributed by atoms with van der Waals surface area (Å²) in [6.45, 7) is 5.01. The fourth-order valence-electron chi connectivity index (χ4n) is 2.07. The van der Waals surface area contributed by atoms with Gasteiger partial charge in [0.05, 0.1) is 18.8 Å². The molecule has 4 nitrogen and oxygen atoms in total. The van der Waals surface area contributed by atoms with Gasteiger partial charge in [-0.25, -0.2) is 0 Å². The van der Waals surface area contributed by atoms with Gasteiger partial charge in [0.25, 0.3) is 0 Å². The molecule has 0 aliphatic carbocycles. The third-order valence-corrected chi connectivity index (χ3v) is 2.85. The van der Waals surface area contributed by atoms with Crippen molar-refractivity contribution >= 4 is 0 Å². The van der Waals surface area contributed by atoms with E-state index in [9.17, 15) is 0 Å². The fourth-order valence-corrected chi connectivity index (χ4v) is 2.07. The van der Waals surface area contributed by atoms with Crippen LogP contribution in [0.5, 0.6) is 0 Å². The van der Waals surface area contributed by atoms with Crippen LogP contribution in [-0.4, -0.2) is 55.5 Å². The number of hydrogen-bond donors (Lipinski definition) is 2. The number of hydrogen-bond acceptors (Lipinski definition) is 4. The summed E-state index contributed by atoms with van der Waals surface area (Å²) < 4.78 is 5.65. The minimum Gasteiger partial charge on any atom is -0.394 e. The second-order valence-electron chi connectivity index (χ2n) is 3.94. The molecule has 1 heterocycles. The van der Waals surface area contributed by atoms with Crippen LogP contribution in [-0.2, 0) is 4.74 Å². The minimum absolute atomic E-state index is 0.0676. The molecule has 0 bridgehead atoms. The monoisotopic (exact) mass is 188 g/mol. The van der Waals surface area contributed by atoms with E-state index in [2.05, 4.69) is 18.9 Å². The second kappa shape index (κ2) is 4.37. The zero-order chi connectivity index (χ0) is 9.90. The third kappa shape index (κ3) is 2.20. The van der Waals surface area contributed by atoms with Gasteiger partial charge in [0.1, 0.15) is 0 Å². The summed E-state index contributed by atoms with van der Waals surface area (Å²) in [7, 11) is 2.07. The van der Waals surface area contributed by atoms with E-state index in [4.69, 9.17) is 15.6 Å². The number of aliphatic hydroxyl groups excluding tert-OH is 1. The lowest BCUT2D eigenvalue weighted by molar-refractivity contribution is -0.0650. The first-order chi connectivity index (χ1) is 6.14. The zero-order valence-corrected chi connectivity index (χ0v) is 8.49. The molecule has 13 heavy (non-hydrogen) atoms. The lowest BCUT2D eigenvalue weighted by Gasteiger charge is -2.31. The molecule has 2 atom stereocenters. The molecule has 1 rings (SSSR count). The maximum absolute atomic E-state index is 8.71. The Morgan fingerprint density at radius 3 is 2.77 bits per heavy atom. The molecule has 0 saturated carbocycles. The molecule has 1 aliphatic heterocycles. The summed E-state index contributed by atoms with van der Waals surface area (Å²) in [6, 6.07) is 0. The topological polar surface area (TPSA) is 58.7 Å². The fraction of sp³-hybridized carbons (Fsp3) is 1.00.